The van der Waals surface area contributed by atoms with Gasteiger partial charge in [0.15, 0.2) is 5.78 Å². The number of Topliss-reactive ketones (excluding diaryl/α,β-unsaturated/α-hetero) is 1. The third kappa shape index (κ3) is 2.70. The Bertz CT molecular complexity index is 566. The molecule has 0 unspecified atom stereocenters. The number of nitrogens with zero attached hydrogens (tertiary/aromatic N) is 1. The molecular weight excluding hydrogens is 222 g/mol. The Morgan fingerprint density at radius 1 is 1.22 bits per heavy atom. The summed E-state index contributed by atoms with van der Waals surface area (Å²) in [6.07, 6.45) is 4.48. The summed E-state index contributed by atoms with van der Waals surface area (Å²) < 4.78 is 2.07. The van der Waals surface area contributed by atoms with Crippen LogP contribution in [0.4, 0.5) is 0 Å². The van der Waals surface area contributed by atoms with Gasteiger partial charge in [0.25, 0.3) is 0 Å². The van der Waals surface area contributed by atoms with Crippen LogP contribution in [0.25, 0.3) is 0 Å². The van der Waals surface area contributed by atoms with Gasteiger partial charge in [0.05, 0.1) is 0 Å². The first-order chi connectivity index (χ1) is 8.60. The largest absolute Gasteiger partial charge is 0.349 e. The maximum absolute atomic E-state index is 11.6. The Hall–Kier alpha value is -1.83. The molecule has 0 N–H and O–H groups in total. The molecule has 2 heteroatoms. The van der Waals surface area contributed by atoms with Crippen LogP contribution in [-0.2, 0) is 6.54 Å². The van der Waals surface area contributed by atoms with Crippen LogP contribution in [0.3, 0.4) is 0 Å². The highest BCUT2D eigenvalue weighted by Gasteiger charge is 2.06. The first-order valence-electron chi connectivity index (χ1n) is 6.35. The second-order valence-corrected chi connectivity index (χ2v) is 4.78. The van der Waals surface area contributed by atoms with Gasteiger partial charge < -0.3 is 4.57 Å². The lowest BCUT2D eigenvalue weighted by atomic mass is 10.1. The predicted octanol–water partition coefficient (Wildman–Crippen LogP) is 3.75. The van der Waals surface area contributed by atoms with Crippen molar-refractivity contribution in [3.63, 3.8) is 0 Å². The lowest BCUT2D eigenvalue weighted by Gasteiger charge is -2.08. The Kier molecular flexibility index (Phi) is 3.66. The fourth-order valence-corrected chi connectivity index (χ4v) is 2.08. The molecule has 0 aliphatic heterocycles. The van der Waals surface area contributed by atoms with Crippen LogP contribution >= 0.6 is 0 Å². The van der Waals surface area contributed by atoms with Crippen LogP contribution in [0.15, 0.2) is 36.7 Å². The maximum Gasteiger partial charge on any atom is 0.164 e. The van der Waals surface area contributed by atoms with Crippen molar-refractivity contribution in [3.05, 3.63) is 58.9 Å². The molecule has 0 atom stereocenters. The molecule has 2 aromatic rings. The summed E-state index contributed by atoms with van der Waals surface area (Å²) >= 11 is 0. The molecule has 18 heavy (non-hydrogen) atoms. The molecule has 94 valence electrons. The molecule has 0 aliphatic carbocycles. The second-order valence-electron chi connectivity index (χ2n) is 4.78. The van der Waals surface area contributed by atoms with Gasteiger partial charge in [0, 0.05) is 30.9 Å². The molecule has 0 spiro atoms. The summed E-state index contributed by atoms with van der Waals surface area (Å²) in [5.74, 6) is 0.203. The van der Waals surface area contributed by atoms with E-state index in [1.165, 1.54) is 16.7 Å². The summed E-state index contributed by atoms with van der Waals surface area (Å²) in [4.78, 5) is 11.6. The predicted molar refractivity (Wildman–Crippen MR) is 74.1 cm³/mol. The third-order valence-corrected chi connectivity index (χ3v) is 3.25. The molecule has 2 nitrogen and oxygen atoms in total. The maximum atomic E-state index is 11.6. The highest BCUT2D eigenvalue weighted by Crippen LogP contribution is 2.14. The van der Waals surface area contributed by atoms with Gasteiger partial charge in [-0.05, 0) is 31.0 Å². The molecule has 1 aromatic carbocycles. The van der Waals surface area contributed by atoms with Gasteiger partial charge in [0.2, 0.25) is 0 Å². The zero-order chi connectivity index (χ0) is 13.1. The van der Waals surface area contributed by atoms with Gasteiger partial charge in [0.1, 0.15) is 0 Å². The number of aryl methyl sites for hydroxylation is 2. The van der Waals surface area contributed by atoms with Crippen molar-refractivity contribution in [2.45, 2.75) is 33.7 Å². The number of benzene rings is 1. The first-order valence-corrected chi connectivity index (χ1v) is 6.35. The zero-order valence-corrected chi connectivity index (χ0v) is 11.2. The van der Waals surface area contributed by atoms with E-state index < -0.39 is 0 Å². The summed E-state index contributed by atoms with van der Waals surface area (Å²) in [7, 11) is 0. The van der Waals surface area contributed by atoms with Crippen molar-refractivity contribution in [1.29, 1.82) is 0 Å². The third-order valence-electron chi connectivity index (χ3n) is 3.25. The Morgan fingerprint density at radius 3 is 2.72 bits per heavy atom. The zero-order valence-electron chi connectivity index (χ0n) is 11.2. The van der Waals surface area contributed by atoms with Crippen molar-refractivity contribution >= 4 is 5.78 Å². The fourth-order valence-electron chi connectivity index (χ4n) is 2.08. The van der Waals surface area contributed by atoms with E-state index in [0.29, 0.717) is 6.42 Å². The van der Waals surface area contributed by atoms with Crippen molar-refractivity contribution in [3.8, 4) is 0 Å². The van der Waals surface area contributed by atoms with Crippen molar-refractivity contribution < 1.29 is 4.79 Å². The summed E-state index contributed by atoms with van der Waals surface area (Å²) in [5.41, 5.74) is 4.68. The quantitative estimate of drug-likeness (QED) is 0.747. The molecule has 0 amide bonds. The normalized spacial score (nSPS) is 10.6. The van der Waals surface area contributed by atoms with E-state index >= 15 is 0 Å². The highest BCUT2D eigenvalue weighted by atomic mass is 16.1. The van der Waals surface area contributed by atoms with Crippen LogP contribution in [0.1, 0.15) is 40.4 Å². The number of carbonyl (C=O) groups is 1. The molecule has 0 aliphatic rings. The number of hydrogen-bond donors (Lipinski definition) is 0. The van der Waals surface area contributed by atoms with E-state index in [2.05, 4.69) is 36.6 Å². The number of rotatable bonds is 4. The molecule has 0 fully saturated rings. The van der Waals surface area contributed by atoms with Gasteiger partial charge in [-0.25, -0.2) is 0 Å². The Balaban J connectivity index is 2.21. The average molecular weight is 241 g/mol. The van der Waals surface area contributed by atoms with Gasteiger partial charge in [-0.2, -0.15) is 0 Å². The lowest BCUT2D eigenvalue weighted by molar-refractivity contribution is 0.0988. The van der Waals surface area contributed by atoms with Crippen molar-refractivity contribution in [1.82, 2.24) is 4.57 Å². The van der Waals surface area contributed by atoms with E-state index in [-0.39, 0.29) is 5.78 Å². The van der Waals surface area contributed by atoms with Crippen LogP contribution in [0.2, 0.25) is 0 Å². The first kappa shape index (κ1) is 12.6. The van der Waals surface area contributed by atoms with Gasteiger partial charge in [-0.15, -0.1) is 0 Å². The average Bonchev–Trinajstić information content (AvgIpc) is 2.81. The number of aromatic nitrogens is 1. The Morgan fingerprint density at radius 2 is 2.00 bits per heavy atom. The smallest absolute Gasteiger partial charge is 0.164 e. The van der Waals surface area contributed by atoms with E-state index in [1.54, 1.807) is 0 Å². The highest BCUT2D eigenvalue weighted by molar-refractivity contribution is 5.95. The summed E-state index contributed by atoms with van der Waals surface area (Å²) in [6, 6.07) is 8.38. The van der Waals surface area contributed by atoms with E-state index in [9.17, 15) is 4.79 Å². The van der Waals surface area contributed by atoms with Crippen LogP contribution in [0.5, 0.6) is 0 Å². The minimum atomic E-state index is 0.203. The van der Waals surface area contributed by atoms with Crippen LogP contribution in [0, 0.1) is 13.8 Å². The molecule has 2 rings (SSSR count). The van der Waals surface area contributed by atoms with Crippen molar-refractivity contribution in [2.24, 2.45) is 0 Å². The molecule has 0 bridgehead atoms. The lowest BCUT2D eigenvalue weighted by Crippen LogP contribution is -2.00. The Labute approximate surface area is 108 Å². The molecular formula is C16H19NO. The summed E-state index contributed by atoms with van der Waals surface area (Å²) in [5, 5.41) is 0. The van der Waals surface area contributed by atoms with Gasteiger partial charge >= 0.3 is 0 Å². The monoisotopic (exact) mass is 241 g/mol. The minimum Gasteiger partial charge on any atom is -0.349 e. The SMILES string of the molecule is CCC(=O)c1ccn(Cc2cc(C)ccc2C)c1. The van der Waals surface area contributed by atoms with Crippen LogP contribution < -0.4 is 0 Å². The number of hydrogen-bond acceptors (Lipinski definition) is 1. The van der Waals surface area contributed by atoms with Gasteiger partial charge in [-0.3, -0.25) is 4.79 Å². The molecule has 0 radical (unpaired) electrons. The fraction of sp³-hybridized carbons (Fsp3) is 0.312. The summed E-state index contributed by atoms with van der Waals surface area (Å²) in [6.45, 7) is 6.94. The topological polar surface area (TPSA) is 22.0 Å². The standard InChI is InChI=1S/C16H19NO/c1-4-16(18)14-7-8-17(10-14)11-15-9-12(2)5-6-13(15)3/h5-10H,4,11H2,1-3H3. The second kappa shape index (κ2) is 5.21. The van der Waals surface area contributed by atoms with Crippen molar-refractivity contribution in [2.75, 3.05) is 0 Å². The van der Waals surface area contributed by atoms with E-state index in [4.69, 9.17) is 0 Å². The number of carbonyl (C=O) groups excluding carboxylic acids is 1. The van der Waals surface area contributed by atoms with Gasteiger partial charge in [-0.1, -0.05) is 30.7 Å². The number of ketones is 1. The molecule has 1 heterocycles. The molecule has 0 saturated heterocycles. The van der Waals surface area contributed by atoms with E-state index in [0.717, 1.165) is 12.1 Å². The van der Waals surface area contributed by atoms with E-state index in [1.807, 2.05) is 25.4 Å². The molecule has 1 aromatic heterocycles. The molecule has 0 saturated carbocycles. The minimum absolute atomic E-state index is 0.203. The van der Waals surface area contributed by atoms with Crippen LogP contribution in [-0.4, -0.2) is 10.4 Å².